The molecule has 1 amide bonds. The molecule has 7 heteroatoms. The van der Waals surface area contributed by atoms with Crippen molar-refractivity contribution in [1.29, 1.82) is 5.26 Å². The molecule has 0 unspecified atom stereocenters. The molecular weight excluding hydrogens is 351 g/mol. The summed E-state index contributed by atoms with van der Waals surface area (Å²) >= 11 is 11.7. The molecule has 2 aromatic carbocycles. The van der Waals surface area contributed by atoms with E-state index in [-0.39, 0.29) is 17.1 Å². The number of amides is 1. The molecule has 122 valence electrons. The van der Waals surface area contributed by atoms with Crippen molar-refractivity contribution in [1.82, 2.24) is 0 Å². The van der Waals surface area contributed by atoms with Crippen molar-refractivity contribution in [3.05, 3.63) is 57.6 Å². The number of carbonyl (C=O) groups is 1. The number of methoxy groups -OCH3 is 1. The highest BCUT2D eigenvalue weighted by molar-refractivity contribution is 6.35. The largest absolute Gasteiger partial charge is 0.504 e. The number of nitriles is 1. The third-order valence-electron chi connectivity index (χ3n) is 3.00. The Hall–Kier alpha value is -2.68. The van der Waals surface area contributed by atoms with Crippen LogP contribution >= 0.6 is 23.2 Å². The van der Waals surface area contributed by atoms with Gasteiger partial charge in [-0.15, -0.1) is 0 Å². The van der Waals surface area contributed by atoms with Crippen LogP contribution < -0.4 is 10.1 Å². The van der Waals surface area contributed by atoms with E-state index in [0.29, 0.717) is 21.3 Å². The predicted octanol–water partition coefficient (Wildman–Crippen LogP) is 4.25. The van der Waals surface area contributed by atoms with E-state index in [1.807, 2.05) is 6.07 Å². The van der Waals surface area contributed by atoms with E-state index in [9.17, 15) is 15.2 Å². The first kappa shape index (κ1) is 17.7. The summed E-state index contributed by atoms with van der Waals surface area (Å²) in [5.41, 5.74) is 0.779. The summed E-state index contributed by atoms with van der Waals surface area (Å²) in [5.74, 6) is -0.405. The zero-order valence-electron chi connectivity index (χ0n) is 12.5. The van der Waals surface area contributed by atoms with E-state index in [2.05, 4.69) is 5.32 Å². The Morgan fingerprint density at radius 3 is 2.50 bits per heavy atom. The monoisotopic (exact) mass is 362 g/mol. The predicted molar refractivity (Wildman–Crippen MR) is 93.3 cm³/mol. The van der Waals surface area contributed by atoms with Crippen molar-refractivity contribution in [2.45, 2.75) is 0 Å². The highest BCUT2D eigenvalue weighted by Gasteiger charge is 2.11. The van der Waals surface area contributed by atoms with Crippen LogP contribution in [0.3, 0.4) is 0 Å². The average molecular weight is 363 g/mol. The SMILES string of the molecule is COc1cc(/C=C(\C#N)C(=O)Nc2cc(Cl)cc(Cl)c2)ccc1O. The number of nitrogens with zero attached hydrogens (tertiary/aromatic N) is 1. The molecule has 2 aromatic rings. The lowest BCUT2D eigenvalue weighted by Gasteiger charge is -2.07. The lowest BCUT2D eigenvalue weighted by atomic mass is 10.1. The number of benzene rings is 2. The van der Waals surface area contributed by atoms with Gasteiger partial charge in [0.1, 0.15) is 11.6 Å². The van der Waals surface area contributed by atoms with Crippen LogP contribution in [-0.2, 0) is 4.79 Å². The number of rotatable bonds is 4. The molecule has 0 saturated carbocycles. The molecule has 0 heterocycles. The fraction of sp³-hybridized carbons (Fsp3) is 0.0588. The van der Waals surface area contributed by atoms with Gasteiger partial charge in [-0.2, -0.15) is 5.26 Å². The zero-order valence-corrected chi connectivity index (χ0v) is 14.0. The van der Waals surface area contributed by atoms with E-state index >= 15 is 0 Å². The van der Waals surface area contributed by atoms with Crippen molar-refractivity contribution < 1.29 is 14.6 Å². The summed E-state index contributed by atoms with van der Waals surface area (Å²) in [6.07, 6.45) is 1.38. The maximum atomic E-state index is 12.2. The van der Waals surface area contributed by atoms with Gasteiger partial charge in [-0.05, 0) is 42.0 Å². The second-order valence-corrected chi connectivity index (χ2v) is 5.59. The molecule has 0 atom stereocenters. The van der Waals surface area contributed by atoms with Gasteiger partial charge in [0.2, 0.25) is 0 Å². The van der Waals surface area contributed by atoms with Gasteiger partial charge in [-0.3, -0.25) is 4.79 Å². The molecule has 0 spiro atoms. The van der Waals surface area contributed by atoms with Gasteiger partial charge in [0.15, 0.2) is 11.5 Å². The minimum Gasteiger partial charge on any atom is -0.504 e. The molecule has 0 aliphatic heterocycles. The fourth-order valence-corrected chi connectivity index (χ4v) is 2.45. The standard InChI is InChI=1S/C17H12Cl2N2O3/c1-24-16-5-10(2-3-15(16)22)4-11(9-20)17(23)21-14-7-12(18)6-13(19)8-14/h2-8,22H,1H3,(H,21,23)/b11-4+. The van der Waals surface area contributed by atoms with Gasteiger partial charge in [-0.25, -0.2) is 0 Å². The van der Waals surface area contributed by atoms with E-state index in [1.165, 1.54) is 43.5 Å². The van der Waals surface area contributed by atoms with Crippen molar-refractivity contribution in [3.8, 4) is 17.6 Å². The Morgan fingerprint density at radius 1 is 1.25 bits per heavy atom. The first-order chi connectivity index (χ1) is 11.4. The maximum Gasteiger partial charge on any atom is 0.266 e. The molecule has 0 bridgehead atoms. The average Bonchev–Trinajstić information content (AvgIpc) is 2.52. The smallest absolute Gasteiger partial charge is 0.266 e. The van der Waals surface area contributed by atoms with Crippen molar-refractivity contribution >= 4 is 40.9 Å². The molecule has 24 heavy (non-hydrogen) atoms. The topological polar surface area (TPSA) is 82.3 Å². The molecule has 2 N–H and O–H groups in total. The Labute approximate surface area is 148 Å². The highest BCUT2D eigenvalue weighted by Crippen LogP contribution is 2.27. The second kappa shape index (κ2) is 7.73. The van der Waals surface area contributed by atoms with E-state index in [1.54, 1.807) is 6.07 Å². The summed E-state index contributed by atoms with van der Waals surface area (Å²) in [6, 6.07) is 10.9. The lowest BCUT2D eigenvalue weighted by Crippen LogP contribution is -2.13. The minimum atomic E-state index is -0.608. The number of hydrogen-bond donors (Lipinski definition) is 2. The normalized spacial score (nSPS) is 10.8. The van der Waals surface area contributed by atoms with Gasteiger partial charge in [0.25, 0.3) is 5.91 Å². The number of phenols is 1. The van der Waals surface area contributed by atoms with Crippen LogP contribution in [0.1, 0.15) is 5.56 Å². The highest BCUT2D eigenvalue weighted by atomic mass is 35.5. The number of phenolic OH excluding ortho intramolecular Hbond substituents is 1. The number of aromatic hydroxyl groups is 1. The van der Waals surface area contributed by atoms with Crippen LogP contribution in [0.15, 0.2) is 42.0 Å². The number of hydrogen-bond acceptors (Lipinski definition) is 4. The number of halogens is 2. The van der Waals surface area contributed by atoms with Crippen molar-refractivity contribution in [2.75, 3.05) is 12.4 Å². The molecule has 2 rings (SSSR count). The first-order valence-corrected chi connectivity index (χ1v) is 7.45. The van der Waals surface area contributed by atoms with E-state index < -0.39 is 5.91 Å². The van der Waals surface area contributed by atoms with Crippen LogP contribution in [0.25, 0.3) is 6.08 Å². The van der Waals surface area contributed by atoms with Gasteiger partial charge in [0.05, 0.1) is 7.11 Å². The number of anilines is 1. The summed E-state index contributed by atoms with van der Waals surface area (Å²) < 4.78 is 4.99. The van der Waals surface area contributed by atoms with Crippen molar-refractivity contribution in [3.63, 3.8) is 0 Å². The molecule has 0 aromatic heterocycles. The number of ether oxygens (including phenoxy) is 1. The quantitative estimate of drug-likeness (QED) is 0.628. The van der Waals surface area contributed by atoms with Crippen LogP contribution in [-0.4, -0.2) is 18.1 Å². The Balaban J connectivity index is 2.27. The van der Waals surface area contributed by atoms with Gasteiger partial charge >= 0.3 is 0 Å². The van der Waals surface area contributed by atoms with Gasteiger partial charge in [-0.1, -0.05) is 29.3 Å². The summed E-state index contributed by atoms with van der Waals surface area (Å²) in [4.78, 5) is 12.2. The summed E-state index contributed by atoms with van der Waals surface area (Å²) in [5, 5.41) is 22.1. The van der Waals surface area contributed by atoms with E-state index in [4.69, 9.17) is 27.9 Å². The molecule has 0 saturated heterocycles. The third kappa shape index (κ3) is 4.42. The molecule has 0 aliphatic rings. The Morgan fingerprint density at radius 2 is 1.92 bits per heavy atom. The molecule has 5 nitrogen and oxygen atoms in total. The van der Waals surface area contributed by atoms with Crippen LogP contribution in [0.5, 0.6) is 11.5 Å². The molecular formula is C17H12Cl2N2O3. The maximum absolute atomic E-state index is 12.2. The fourth-order valence-electron chi connectivity index (χ4n) is 1.92. The van der Waals surface area contributed by atoms with Gasteiger partial charge < -0.3 is 15.2 Å². The summed E-state index contributed by atoms with van der Waals surface area (Å²) in [7, 11) is 1.41. The van der Waals surface area contributed by atoms with Crippen molar-refractivity contribution in [2.24, 2.45) is 0 Å². The molecule has 0 radical (unpaired) electrons. The van der Waals surface area contributed by atoms with Crippen LogP contribution in [0.2, 0.25) is 10.0 Å². The molecule has 0 aliphatic carbocycles. The number of carbonyl (C=O) groups excluding carboxylic acids is 1. The third-order valence-corrected chi connectivity index (χ3v) is 3.44. The minimum absolute atomic E-state index is 0.0359. The van der Waals surface area contributed by atoms with Gasteiger partial charge in [0, 0.05) is 15.7 Å². The van der Waals surface area contributed by atoms with Crippen LogP contribution in [0, 0.1) is 11.3 Å². The lowest BCUT2D eigenvalue weighted by molar-refractivity contribution is -0.112. The zero-order chi connectivity index (χ0) is 17.7. The second-order valence-electron chi connectivity index (χ2n) is 4.71. The first-order valence-electron chi connectivity index (χ1n) is 6.69. The number of nitrogens with one attached hydrogen (secondary N) is 1. The Bertz CT molecular complexity index is 837. The molecule has 0 fully saturated rings. The summed E-state index contributed by atoms with van der Waals surface area (Å²) in [6.45, 7) is 0. The van der Waals surface area contributed by atoms with E-state index in [0.717, 1.165) is 0 Å². The Kier molecular flexibility index (Phi) is 5.69. The van der Waals surface area contributed by atoms with Crippen LogP contribution in [0.4, 0.5) is 5.69 Å².